The molecule has 0 saturated carbocycles. The fourth-order valence-electron chi connectivity index (χ4n) is 2.26. The van der Waals surface area contributed by atoms with Gasteiger partial charge in [0.15, 0.2) is 0 Å². The standard InChI is InChI=1S/C19H28O4/c1-4-7-8-13-22-18(20)15-11-9-12-16(14-15)19(21)23-17(6-3)10-5-2/h9,11-12,14,17H,4-8,10,13H2,1-3H3. The maximum Gasteiger partial charge on any atom is 0.338 e. The Hall–Kier alpha value is -1.84. The van der Waals surface area contributed by atoms with E-state index in [1.165, 1.54) is 0 Å². The Balaban J connectivity index is 2.64. The molecule has 1 rings (SSSR count). The molecular weight excluding hydrogens is 292 g/mol. The molecule has 1 aromatic rings. The Bertz CT molecular complexity index is 496. The SMILES string of the molecule is CCCCCOC(=O)c1cccc(C(=O)OC(CC)CCC)c1. The lowest BCUT2D eigenvalue weighted by Gasteiger charge is -2.15. The van der Waals surface area contributed by atoms with Crippen molar-refractivity contribution in [2.75, 3.05) is 6.61 Å². The Kier molecular flexibility index (Phi) is 9.03. The quantitative estimate of drug-likeness (QED) is 0.460. The normalized spacial score (nSPS) is 11.8. The van der Waals surface area contributed by atoms with Crippen LogP contribution in [-0.4, -0.2) is 24.6 Å². The molecule has 0 aliphatic heterocycles. The molecule has 0 bridgehead atoms. The van der Waals surface area contributed by atoms with Crippen molar-refractivity contribution >= 4 is 11.9 Å². The van der Waals surface area contributed by atoms with Crippen LogP contribution in [0.25, 0.3) is 0 Å². The lowest BCUT2D eigenvalue weighted by molar-refractivity contribution is 0.0271. The first-order valence-corrected chi connectivity index (χ1v) is 8.60. The van der Waals surface area contributed by atoms with Crippen LogP contribution in [0.3, 0.4) is 0 Å². The van der Waals surface area contributed by atoms with Gasteiger partial charge < -0.3 is 9.47 Å². The molecule has 23 heavy (non-hydrogen) atoms. The van der Waals surface area contributed by atoms with E-state index in [1.54, 1.807) is 24.3 Å². The van der Waals surface area contributed by atoms with Gasteiger partial charge in [0.25, 0.3) is 0 Å². The minimum atomic E-state index is -0.392. The minimum absolute atomic E-state index is 0.0721. The number of unbranched alkanes of at least 4 members (excludes halogenated alkanes) is 2. The average Bonchev–Trinajstić information content (AvgIpc) is 2.58. The zero-order valence-electron chi connectivity index (χ0n) is 14.5. The number of rotatable bonds is 10. The highest BCUT2D eigenvalue weighted by Crippen LogP contribution is 2.13. The van der Waals surface area contributed by atoms with Crippen LogP contribution in [0.15, 0.2) is 24.3 Å². The van der Waals surface area contributed by atoms with Crippen molar-refractivity contribution in [2.24, 2.45) is 0 Å². The van der Waals surface area contributed by atoms with Gasteiger partial charge in [0.2, 0.25) is 0 Å². The molecule has 1 atom stereocenters. The van der Waals surface area contributed by atoms with Gasteiger partial charge >= 0.3 is 11.9 Å². The second kappa shape index (κ2) is 10.8. The Labute approximate surface area is 139 Å². The molecule has 0 aliphatic rings. The van der Waals surface area contributed by atoms with Gasteiger partial charge in [0.05, 0.1) is 17.7 Å². The largest absolute Gasteiger partial charge is 0.462 e. The van der Waals surface area contributed by atoms with Crippen LogP contribution < -0.4 is 0 Å². The number of carbonyl (C=O) groups excluding carboxylic acids is 2. The number of benzene rings is 1. The summed E-state index contributed by atoms with van der Waals surface area (Å²) in [7, 11) is 0. The molecule has 0 fully saturated rings. The fourth-order valence-corrected chi connectivity index (χ4v) is 2.26. The van der Waals surface area contributed by atoms with Crippen molar-refractivity contribution in [2.45, 2.75) is 65.4 Å². The summed E-state index contributed by atoms with van der Waals surface area (Å²) in [6.07, 6.45) is 5.51. The molecule has 4 nitrogen and oxygen atoms in total. The van der Waals surface area contributed by atoms with E-state index in [-0.39, 0.29) is 12.1 Å². The molecule has 0 radical (unpaired) electrons. The molecular formula is C19H28O4. The van der Waals surface area contributed by atoms with Crippen molar-refractivity contribution in [1.29, 1.82) is 0 Å². The van der Waals surface area contributed by atoms with Gasteiger partial charge in [0.1, 0.15) is 6.10 Å². The molecule has 1 unspecified atom stereocenters. The predicted molar refractivity (Wildman–Crippen MR) is 90.7 cm³/mol. The summed E-state index contributed by atoms with van der Waals surface area (Å²) in [5.41, 5.74) is 0.780. The van der Waals surface area contributed by atoms with E-state index in [0.717, 1.165) is 38.5 Å². The number of esters is 2. The van der Waals surface area contributed by atoms with Gasteiger partial charge in [-0.2, -0.15) is 0 Å². The smallest absolute Gasteiger partial charge is 0.338 e. The summed E-state index contributed by atoms with van der Waals surface area (Å²) >= 11 is 0. The van der Waals surface area contributed by atoms with Crippen molar-refractivity contribution in [3.05, 3.63) is 35.4 Å². The van der Waals surface area contributed by atoms with Crippen LogP contribution in [0.2, 0.25) is 0 Å². The van der Waals surface area contributed by atoms with Gasteiger partial charge in [-0.05, 0) is 37.5 Å². The van der Waals surface area contributed by atoms with Crippen molar-refractivity contribution in [3.63, 3.8) is 0 Å². The zero-order valence-corrected chi connectivity index (χ0v) is 14.5. The molecule has 0 amide bonds. The highest BCUT2D eigenvalue weighted by Gasteiger charge is 2.16. The summed E-state index contributed by atoms with van der Waals surface area (Å²) in [4.78, 5) is 24.2. The van der Waals surface area contributed by atoms with E-state index in [1.807, 2.05) is 6.92 Å². The summed E-state index contributed by atoms with van der Waals surface area (Å²) in [6, 6.07) is 6.54. The first kappa shape index (κ1) is 19.2. The maximum atomic E-state index is 12.2. The molecule has 0 N–H and O–H groups in total. The second-order valence-electron chi connectivity index (χ2n) is 5.65. The topological polar surface area (TPSA) is 52.6 Å². The molecule has 0 heterocycles. The molecule has 0 saturated heterocycles. The van der Waals surface area contributed by atoms with E-state index in [2.05, 4.69) is 13.8 Å². The van der Waals surface area contributed by atoms with Crippen molar-refractivity contribution in [1.82, 2.24) is 0 Å². The van der Waals surface area contributed by atoms with Crippen LogP contribution >= 0.6 is 0 Å². The van der Waals surface area contributed by atoms with Gasteiger partial charge in [0, 0.05) is 0 Å². The van der Waals surface area contributed by atoms with Gasteiger partial charge in [-0.25, -0.2) is 9.59 Å². The third-order valence-corrected chi connectivity index (χ3v) is 3.65. The van der Waals surface area contributed by atoms with E-state index < -0.39 is 5.97 Å². The van der Waals surface area contributed by atoms with Crippen molar-refractivity contribution in [3.8, 4) is 0 Å². The lowest BCUT2D eigenvalue weighted by atomic mass is 10.1. The predicted octanol–water partition coefficient (Wildman–Crippen LogP) is 4.77. The molecule has 128 valence electrons. The van der Waals surface area contributed by atoms with Crippen LogP contribution in [0.1, 0.15) is 80.0 Å². The van der Waals surface area contributed by atoms with E-state index in [0.29, 0.717) is 17.7 Å². The fraction of sp³-hybridized carbons (Fsp3) is 0.579. The number of hydrogen-bond donors (Lipinski definition) is 0. The van der Waals surface area contributed by atoms with E-state index >= 15 is 0 Å². The van der Waals surface area contributed by atoms with Crippen LogP contribution in [0.4, 0.5) is 0 Å². The molecule has 4 heteroatoms. The molecule has 0 aromatic heterocycles. The summed E-state index contributed by atoms with van der Waals surface area (Å²) in [5.74, 6) is -0.776. The van der Waals surface area contributed by atoms with Crippen LogP contribution in [0, 0.1) is 0 Å². The average molecular weight is 320 g/mol. The van der Waals surface area contributed by atoms with Gasteiger partial charge in [-0.3, -0.25) is 0 Å². The van der Waals surface area contributed by atoms with E-state index in [9.17, 15) is 9.59 Å². The third-order valence-electron chi connectivity index (χ3n) is 3.65. The second-order valence-corrected chi connectivity index (χ2v) is 5.65. The maximum absolute atomic E-state index is 12.2. The van der Waals surface area contributed by atoms with Crippen LogP contribution in [-0.2, 0) is 9.47 Å². The highest BCUT2D eigenvalue weighted by molar-refractivity contribution is 5.95. The monoisotopic (exact) mass is 320 g/mol. The molecule has 0 aliphatic carbocycles. The highest BCUT2D eigenvalue weighted by atomic mass is 16.5. The number of carbonyl (C=O) groups is 2. The van der Waals surface area contributed by atoms with Gasteiger partial charge in [-0.1, -0.05) is 46.1 Å². The van der Waals surface area contributed by atoms with E-state index in [4.69, 9.17) is 9.47 Å². The minimum Gasteiger partial charge on any atom is -0.462 e. The molecule has 1 aromatic carbocycles. The molecule has 0 spiro atoms. The van der Waals surface area contributed by atoms with Crippen LogP contribution in [0.5, 0.6) is 0 Å². The lowest BCUT2D eigenvalue weighted by Crippen LogP contribution is -2.18. The summed E-state index contributed by atoms with van der Waals surface area (Å²) in [6.45, 7) is 6.57. The van der Waals surface area contributed by atoms with Crippen molar-refractivity contribution < 1.29 is 19.1 Å². The number of hydrogen-bond acceptors (Lipinski definition) is 4. The summed E-state index contributed by atoms with van der Waals surface area (Å²) in [5, 5.41) is 0. The Morgan fingerprint density at radius 3 is 2.30 bits per heavy atom. The summed E-state index contributed by atoms with van der Waals surface area (Å²) < 4.78 is 10.7. The Morgan fingerprint density at radius 2 is 1.70 bits per heavy atom. The Morgan fingerprint density at radius 1 is 1.00 bits per heavy atom. The number of ether oxygens (including phenoxy) is 2. The first-order valence-electron chi connectivity index (χ1n) is 8.60. The van der Waals surface area contributed by atoms with Gasteiger partial charge in [-0.15, -0.1) is 0 Å². The third kappa shape index (κ3) is 6.85. The first-order chi connectivity index (χ1) is 11.1. The zero-order chi connectivity index (χ0) is 17.1.